The van der Waals surface area contributed by atoms with Crippen LogP contribution in [-0.2, 0) is 6.42 Å². The molecule has 90 valence electrons. The zero-order chi connectivity index (χ0) is 12.3. The molecule has 0 amide bonds. The van der Waals surface area contributed by atoms with E-state index in [1.54, 1.807) is 17.4 Å². The third kappa shape index (κ3) is 3.13. The third-order valence-electron chi connectivity index (χ3n) is 2.59. The predicted molar refractivity (Wildman–Crippen MR) is 72.2 cm³/mol. The van der Waals surface area contributed by atoms with E-state index in [1.165, 1.54) is 6.07 Å². The van der Waals surface area contributed by atoms with E-state index in [9.17, 15) is 4.39 Å². The van der Waals surface area contributed by atoms with Gasteiger partial charge in [0.2, 0.25) is 0 Å². The van der Waals surface area contributed by atoms with E-state index < -0.39 is 0 Å². The van der Waals surface area contributed by atoms with Gasteiger partial charge in [0, 0.05) is 4.47 Å². The van der Waals surface area contributed by atoms with Gasteiger partial charge in [-0.25, -0.2) is 4.39 Å². The van der Waals surface area contributed by atoms with Crippen LogP contribution in [-0.4, -0.2) is 0 Å². The third-order valence-corrected chi connectivity index (χ3v) is 3.78. The number of halogens is 2. The maximum Gasteiger partial charge on any atom is 0.127 e. The number of benzene rings is 1. The Bertz CT molecular complexity index is 487. The molecule has 1 atom stereocenters. The summed E-state index contributed by atoms with van der Waals surface area (Å²) in [6.07, 6.45) is 0.534. The molecule has 1 heterocycles. The molecule has 17 heavy (non-hydrogen) atoms. The first-order valence-electron chi connectivity index (χ1n) is 5.13. The summed E-state index contributed by atoms with van der Waals surface area (Å²) < 4.78 is 14.4. The summed E-state index contributed by atoms with van der Waals surface area (Å²) in [7, 11) is 0. The molecule has 1 aromatic carbocycles. The molecule has 0 saturated heterocycles. The first-order chi connectivity index (χ1) is 8.20. The van der Waals surface area contributed by atoms with E-state index >= 15 is 0 Å². The minimum Gasteiger partial charge on any atom is -0.271 e. The topological polar surface area (TPSA) is 38.0 Å². The molecule has 2 rings (SSSR count). The average Bonchev–Trinajstić information content (AvgIpc) is 2.81. The van der Waals surface area contributed by atoms with Crippen LogP contribution < -0.4 is 11.3 Å². The molecule has 3 N–H and O–H groups in total. The van der Waals surface area contributed by atoms with Crippen LogP contribution in [0.15, 0.2) is 39.5 Å². The lowest BCUT2D eigenvalue weighted by atomic mass is 10.0. The van der Waals surface area contributed by atoms with E-state index in [2.05, 4.69) is 21.4 Å². The second-order valence-electron chi connectivity index (χ2n) is 3.72. The zero-order valence-electron chi connectivity index (χ0n) is 8.99. The molecule has 0 aliphatic carbocycles. The molecule has 0 aliphatic heterocycles. The Balaban J connectivity index is 2.19. The van der Waals surface area contributed by atoms with E-state index in [1.807, 2.05) is 22.9 Å². The van der Waals surface area contributed by atoms with Gasteiger partial charge in [-0.15, -0.1) is 0 Å². The predicted octanol–water partition coefficient (Wildman–Crippen LogP) is 3.40. The Hall–Kier alpha value is -0.750. The average molecular weight is 315 g/mol. The van der Waals surface area contributed by atoms with Gasteiger partial charge in [0.25, 0.3) is 0 Å². The van der Waals surface area contributed by atoms with Gasteiger partial charge < -0.3 is 0 Å². The molecule has 0 bridgehead atoms. The molecule has 0 spiro atoms. The van der Waals surface area contributed by atoms with Crippen molar-refractivity contribution in [1.82, 2.24) is 5.43 Å². The highest BCUT2D eigenvalue weighted by Crippen LogP contribution is 2.23. The van der Waals surface area contributed by atoms with Crippen LogP contribution in [0, 0.1) is 5.82 Å². The van der Waals surface area contributed by atoms with Crippen molar-refractivity contribution in [2.75, 3.05) is 0 Å². The van der Waals surface area contributed by atoms with Crippen molar-refractivity contribution in [2.45, 2.75) is 12.5 Å². The Kier molecular flexibility index (Phi) is 4.28. The summed E-state index contributed by atoms with van der Waals surface area (Å²) in [6.45, 7) is 0. The van der Waals surface area contributed by atoms with Gasteiger partial charge in [0.15, 0.2) is 0 Å². The van der Waals surface area contributed by atoms with Crippen LogP contribution in [0.1, 0.15) is 17.2 Å². The summed E-state index contributed by atoms with van der Waals surface area (Å²) >= 11 is 4.84. The monoisotopic (exact) mass is 314 g/mol. The molecule has 2 nitrogen and oxygen atoms in total. The van der Waals surface area contributed by atoms with E-state index in [0.717, 1.165) is 10.0 Å². The van der Waals surface area contributed by atoms with Crippen LogP contribution in [0.5, 0.6) is 0 Å². The van der Waals surface area contributed by atoms with E-state index in [0.29, 0.717) is 12.0 Å². The van der Waals surface area contributed by atoms with Gasteiger partial charge in [-0.3, -0.25) is 11.3 Å². The molecule has 0 radical (unpaired) electrons. The Morgan fingerprint density at radius 3 is 2.82 bits per heavy atom. The number of nitrogens with one attached hydrogen (secondary N) is 1. The quantitative estimate of drug-likeness (QED) is 0.670. The maximum atomic E-state index is 13.7. The Morgan fingerprint density at radius 1 is 1.41 bits per heavy atom. The van der Waals surface area contributed by atoms with Gasteiger partial charge in [0.05, 0.1) is 6.04 Å². The van der Waals surface area contributed by atoms with Gasteiger partial charge >= 0.3 is 0 Å². The fraction of sp³-hybridized carbons (Fsp3) is 0.167. The fourth-order valence-corrected chi connectivity index (χ4v) is 2.70. The molecule has 0 fully saturated rings. The normalized spacial score (nSPS) is 12.6. The molecule has 5 heteroatoms. The number of thiophene rings is 1. The lowest BCUT2D eigenvalue weighted by Crippen LogP contribution is -2.29. The van der Waals surface area contributed by atoms with Crippen molar-refractivity contribution in [3.8, 4) is 0 Å². The second-order valence-corrected chi connectivity index (χ2v) is 5.41. The highest BCUT2D eigenvalue weighted by molar-refractivity contribution is 9.10. The zero-order valence-corrected chi connectivity index (χ0v) is 11.4. The highest BCUT2D eigenvalue weighted by atomic mass is 79.9. The molecule has 1 unspecified atom stereocenters. The summed E-state index contributed by atoms with van der Waals surface area (Å²) in [5.41, 5.74) is 4.46. The van der Waals surface area contributed by atoms with Crippen molar-refractivity contribution in [1.29, 1.82) is 0 Å². The fourth-order valence-electron chi connectivity index (χ4n) is 1.65. The Labute approximate surface area is 112 Å². The highest BCUT2D eigenvalue weighted by Gasteiger charge is 2.13. The molecular weight excluding hydrogens is 303 g/mol. The van der Waals surface area contributed by atoms with Gasteiger partial charge in [-0.05, 0) is 46.5 Å². The molecule has 0 aliphatic rings. The molecular formula is C12H12BrFN2S. The molecule has 0 saturated carbocycles. The Morgan fingerprint density at radius 2 is 2.24 bits per heavy atom. The lowest BCUT2D eigenvalue weighted by Gasteiger charge is -2.15. The first kappa shape index (κ1) is 12.7. The molecule has 2 aromatic rings. The van der Waals surface area contributed by atoms with E-state index in [-0.39, 0.29) is 11.9 Å². The van der Waals surface area contributed by atoms with Crippen LogP contribution in [0.25, 0.3) is 0 Å². The first-order valence-corrected chi connectivity index (χ1v) is 6.86. The maximum absolute atomic E-state index is 13.7. The summed E-state index contributed by atoms with van der Waals surface area (Å²) in [6, 6.07) is 7.01. The standard InChI is InChI=1S/C12H12BrFN2S/c13-10-2-1-8(11(14)6-10)5-12(16-15)9-3-4-17-7-9/h1-4,6-7,12,16H,5,15H2. The van der Waals surface area contributed by atoms with Gasteiger partial charge in [-0.1, -0.05) is 22.0 Å². The number of hydrazine groups is 1. The number of nitrogens with two attached hydrogens (primary N) is 1. The van der Waals surface area contributed by atoms with Crippen LogP contribution >= 0.6 is 27.3 Å². The molecule has 1 aromatic heterocycles. The smallest absolute Gasteiger partial charge is 0.127 e. The van der Waals surface area contributed by atoms with Crippen molar-refractivity contribution < 1.29 is 4.39 Å². The van der Waals surface area contributed by atoms with Crippen molar-refractivity contribution in [3.63, 3.8) is 0 Å². The summed E-state index contributed by atoms with van der Waals surface area (Å²) in [4.78, 5) is 0. The summed E-state index contributed by atoms with van der Waals surface area (Å²) in [5.74, 6) is 5.30. The van der Waals surface area contributed by atoms with Gasteiger partial charge in [-0.2, -0.15) is 11.3 Å². The number of rotatable bonds is 4. The van der Waals surface area contributed by atoms with E-state index in [4.69, 9.17) is 5.84 Å². The second kappa shape index (κ2) is 5.73. The lowest BCUT2D eigenvalue weighted by molar-refractivity contribution is 0.530. The number of hydrogen-bond acceptors (Lipinski definition) is 3. The SMILES string of the molecule is NNC(Cc1ccc(Br)cc1F)c1ccsc1. The summed E-state index contributed by atoms with van der Waals surface area (Å²) in [5, 5.41) is 4.00. The minimum absolute atomic E-state index is 0.0584. The number of hydrogen-bond donors (Lipinski definition) is 2. The van der Waals surface area contributed by atoms with Crippen LogP contribution in [0.2, 0.25) is 0 Å². The van der Waals surface area contributed by atoms with Crippen LogP contribution in [0.3, 0.4) is 0 Å². The minimum atomic E-state index is -0.213. The largest absolute Gasteiger partial charge is 0.271 e. The van der Waals surface area contributed by atoms with Crippen molar-refractivity contribution >= 4 is 27.3 Å². The van der Waals surface area contributed by atoms with Gasteiger partial charge in [0.1, 0.15) is 5.82 Å². The van der Waals surface area contributed by atoms with Crippen molar-refractivity contribution in [2.24, 2.45) is 5.84 Å². The van der Waals surface area contributed by atoms with Crippen molar-refractivity contribution in [3.05, 3.63) is 56.4 Å². The van der Waals surface area contributed by atoms with Crippen LogP contribution in [0.4, 0.5) is 4.39 Å².